The van der Waals surface area contributed by atoms with Crippen molar-refractivity contribution in [1.29, 1.82) is 0 Å². The highest BCUT2D eigenvalue weighted by Gasteiger charge is 2.35. The van der Waals surface area contributed by atoms with Crippen LogP contribution in [0, 0.1) is 11.8 Å². The molecule has 1 aliphatic heterocycles. The molecule has 0 radical (unpaired) electrons. The number of aliphatic hydroxyl groups excluding tert-OH is 1. The van der Waals surface area contributed by atoms with Gasteiger partial charge < -0.3 is 9.84 Å². The van der Waals surface area contributed by atoms with E-state index in [1.807, 2.05) is 0 Å². The molecule has 2 heteroatoms. The maximum Gasteiger partial charge on any atom is 0.0640 e. The summed E-state index contributed by atoms with van der Waals surface area (Å²) >= 11 is 0. The number of hydrogen-bond donors (Lipinski definition) is 1. The topological polar surface area (TPSA) is 29.5 Å². The standard InChI is InChI=1S/C8H14O2/c9-8-6-2-1-3-7(8)5-10-4-6/h6-9H,1-5H2. The van der Waals surface area contributed by atoms with Crippen LogP contribution < -0.4 is 0 Å². The van der Waals surface area contributed by atoms with Crippen molar-refractivity contribution in [2.45, 2.75) is 25.4 Å². The Hall–Kier alpha value is -0.0800. The molecule has 2 unspecified atom stereocenters. The Labute approximate surface area is 61.2 Å². The SMILES string of the molecule is OC1C2CCCC1COC2. The van der Waals surface area contributed by atoms with Crippen LogP contribution in [0.1, 0.15) is 19.3 Å². The van der Waals surface area contributed by atoms with E-state index in [0.29, 0.717) is 11.8 Å². The Bertz CT molecular complexity index is 102. The minimum Gasteiger partial charge on any atom is -0.392 e. The van der Waals surface area contributed by atoms with E-state index in [1.54, 1.807) is 0 Å². The summed E-state index contributed by atoms with van der Waals surface area (Å²) in [5.74, 6) is 0.903. The van der Waals surface area contributed by atoms with Crippen molar-refractivity contribution in [3.63, 3.8) is 0 Å². The van der Waals surface area contributed by atoms with Gasteiger partial charge in [-0.1, -0.05) is 6.42 Å². The van der Waals surface area contributed by atoms with E-state index in [0.717, 1.165) is 26.1 Å². The highest BCUT2D eigenvalue weighted by molar-refractivity contribution is 4.84. The number of aliphatic hydroxyl groups is 1. The fraction of sp³-hybridized carbons (Fsp3) is 1.00. The summed E-state index contributed by atoms with van der Waals surface area (Å²) in [4.78, 5) is 0. The van der Waals surface area contributed by atoms with Crippen LogP contribution in [0.5, 0.6) is 0 Å². The van der Waals surface area contributed by atoms with Crippen molar-refractivity contribution in [2.75, 3.05) is 13.2 Å². The zero-order chi connectivity index (χ0) is 6.97. The molecule has 1 saturated carbocycles. The average molecular weight is 142 g/mol. The molecule has 1 aliphatic carbocycles. The molecule has 2 bridgehead atoms. The van der Waals surface area contributed by atoms with Gasteiger partial charge in [-0.05, 0) is 12.8 Å². The third kappa shape index (κ3) is 0.956. The molecule has 10 heavy (non-hydrogen) atoms. The fourth-order valence-electron chi connectivity index (χ4n) is 2.10. The first-order valence-corrected chi connectivity index (χ1v) is 4.14. The summed E-state index contributed by atoms with van der Waals surface area (Å²) in [6.45, 7) is 1.58. The molecule has 1 heterocycles. The Morgan fingerprint density at radius 1 is 1.10 bits per heavy atom. The number of rotatable bonds is 0. The molecule has 2 nitrogen and oxygen atoms in total. The molecule has 0 aromatic heterocycles. The van der Waals surface area contributed by atoms with Crippen LogP contribution in [-0.2, 0) is 4.74 Å². The van der Waals surface area contributed by atoms with Crippen molar-refractivity contribution < 1.29 is 9.84 Å². The van der Waals surface area contributed by atoms with Crippen LogP contribution in [-0.4, -0.2) is 24.4 Å². The molecule has 1 saturated heterocycles. The summed E-state index contributed by atoms with van der Waals surface area (Å²) in [5, 5.41) is 9.61. The Morgan fingerprint density at radius 2 is 1.70 bits per heavy atom. The zero-order valence-electron chi connectivity index (χ0n) is 6.12. The van der Waals surface area contributed by atoms with E-state index in [9.17, 15) is 5.11 Å². The van der Waals surface area contributed by atoms with E-state index in [-0.39, 0.29) is 6.10 Å². The lowest BCUT2D eigenvalue weighted by molar-refractivity contribution is -0.102. The van der Waals surface area contributed by atoms with Crippen molar-refractivity contribution >= 4 is 0 Å². The van der Waals surface area contributed by atoms with Gasteiger partial charge in [0.1, 0.15) is 0 Å². The van der Waals surface area contributed by atoms with Crippen LogP contribution >= 0.6 is 0 Å². The van der Waals surface area contributed by atoms with Crippen molar-refractivity contribution in [3.8, 4) is 0 Å². The van der Waals surface area contributed by atoms with Gasteiger partial charge in [-0.2, -0.15) is 0 Å². The molecule has 0 aromatic carbocycles. The van der Waals surface area contributed by atoms with Gasteiger partial charge >= 0.3 is 0 Å². The fourth-order valence-corrected chi connectivity index (χ4v) is 2.10. The van der Waals surface area contributed by atoms with E-state index in [4.69, 9.17) is 4.74 Å². The minimum atomic E-state index is -0.0532. The molecule has 0 spiro atoms. The largest absolute Gasteiger partial charge is 0.392 e. The molecule has 2 atom stereocenters. The van der Waals surface area contributed by atoms with Crippen LogP contribution in [0.15, 0.2) is 0 Å². The second-order valence-electron chi connectivity index (χ2n) is 3.48. The summed E-state index contributed by atoms with van der Waals surface area (Å²) in [6.07, 6.45) is 3.56. The minimum absolute atomic E-state index is 0.0532. The molecule has 1 N–H and O–H groups in total. The lowest BCUT2D eigenvalue weighted by Gasteiger charge is -2.38. The van der Waals surface area contributed by atoms with Crippen LogP contribution in [0.3, 0.4) is 0 Å². The summed E-state index contributed by atoms with van der Waals surface area (Å²) < 4.78 is 5.35. The van der Waals surface area contributed by atoms with Gasteiger partial charge in [0.25, 0.3) is 0 Å². The first-order valence-electron chi connectivity index (χ1n) is 4.14. The monoisotopic (exact) mass is 142 g/mol. The maximum absolute atomic E-state index is 9.61. The molecule has 0 aromatic rings. The molecule has 0 amide bonds. The number of ether oxygens (including phenoxy) is 1. The summed E-state index contributed by atoms with van der Waals surface area (Å²) in [7, 11) is 0. The highest BCUT2D eigenvalue weighted by atomic mass is 16.5. The first-order chi connectivity index (χ1) is 4.88. The van der Waals surface area contributed by atoms with Crippen molar-refractivity contribution in [3.05, 3.63) is 0 Å². The van der Waals surface area contributed by atoms with Gasteiger partial charge in [0, 0.05) is 11.8 Å². The lowest BCUT2D eigenvalue weighted by Crippen LogP contribution is -2.42. The smallest absolute Gasteiger partial charge is 0.0640 e. The van der Waals surface area contributed by atoms with Crippen LogP contribution in [0.2, 0.25) is 0 Å². The lowest BCUT2D eigenvalue weighted by atomic mass is 9.78. The predicted octanol–water partition coefficient (Wildman–Crippen LogP) is 0.794. The third-order valence-corrected chi connectivity index (χ3v) is 2.78. The van der Waals surface area contributed by atoms with E-state index in [2.05, 4.69) is 0 Å². The molecular formula is C8H14O2. The van der Waals surface area contributed by atoms with Gasteiger partial charge in [-0.3, -0.25) is 0 Å². The van der Waals surface area contributed by atoms with Gasteiger partial charge in [-0.15, -0.1) is 0 Å². The van der Waals surface area contributed by atoms with Gasteiger partial charge in [0.15, 0.2) is 0 Å². The number of fused-ring (bicyclic) bond motifs is 2. The Kier molecular flexibility index (Phi) is 1.66. The Morgan fingerprint density at radius 3 is 2.20 bits per heavy atom. The summed E-state index contributed by atoms with van der Waals surface area (Å²) in [5.41, 5.74) is 0. The summed E-state index contributed by atoms with van der Waals surface area (Å²) in [6, 6.07) is 0. The number of hydrogen-bond acceptors (Lipinski definition) is 2. The van der Waals surface area contributed by atoms with E-state index in [1.165, 1.54) is 6.42 Å². The quantitative estimate of drug-likeness (QED) is 0.542. The van der Waals surface area contributed by atoms with Crippen LogP contribution in [0.25, 0.3) is 0 Å². The van der Waals surface area contributed by atoms with Gasteiger partial charge in [-0.25, -0.2) is 0 Å². The maximum atomic E-state index is 9.61. The zero-order valence-corrected chi connectivity index (χ0v) is 6.12. The van der Waals surface area contributed by atoms with E-state index >= 15 is 0 Å². The molecule has 2 aliphatic rings. The molecule has 2 fully saturated rings. The van der Waals surface area contributed by atoms with Crippen molar-refractivity contribution in [1.82, 2.24) is 0 Å². The highest BCUT2D eigenvalue weighted by Crippen LogP contribution is 2.33. The van der Waals surface area contributed by atoms with Gasteiger partial charge in [0.05, 0.1) is 19.3 Å². The molecule has 58 valence electrons. The third-order valence-electron chi connectivity index (χ3n) is 2.78. The first kappa shape index (κ1) is 6.62. The second-order valence-corrected chi connectivity index (χ2v) is 3.48. The second kappa shape index (κ2) is 2.51. The van der Waals surface area contributed by atoms with Crippen molar-refractivity contribution in [2.24, 2.45) is 11.8 Å². The molecular weight excluding hydrogens is 128 g/mol. The average Bonchev–Trinajstić information content (AvgIpc) is 1.86. The van der Waals surface area contributed by atoms with Gasteiger partial charge in [0.2, 0.25) is 0 Å². The normalized spacial score (nSPS) is 47.1. The van der Waals surface area contributed by atoms with E-state index < -0.39 is 0 Å². The molecule has 2 rings (SSSR count). The predicted molar refractivity (Wildman–Crippen MR) is 37.7 cm³/mol. The van der Waals surface area contributed by atoms with Crippen LogP contribution in [0.4, 0.5) is 0 Å². The Balaban J connectivity index is 2.05.